The molecule has 10 heteroatoms. The molecule has 1 aliphatic rings. The quantitative estimate of drug-likeness (QED) is 0.767. The standard InChI is InChI=1S/C17H18ClN3O4S2/c1-20(27(24,25)17-8-7-14(18)26-17)11-15(22)19-12-4-2-5-13(10-12)21-9-3-6-16(21)23/h2,4-5,7-8,10H,3,6,9,11H2,1H3,(H,19,22). The average molecular weight is 428 g/mol. The van der Waals surface area contributed by atoms with E-state index in [2.05, 4.69) is 5.32 Å². The Balaban J connectivity index is 1.66. The third kappa shape index (κ3) is 4.49. The summed E-state index contributed by atoms with van der Waals surface area (Å²) in [6, 6.07) is 9.84. The molecule has 1 saturated heterocycles. The van der Waals surface area contributed by atoms with Crippen LogP contribution in [0.25, 0.3) is 0 Å². The number of halogens is 1. The molecule has 1 aliphatic heterocycles. The van der Waals surface area contributed by atoms with Gasteiger partial charge in [0, 0.05) is 31.4 Å². The highest BCUT2D eigenvalue weighted by molar-refractivity contribution is 7.91. The Morgan fingerprint density at radius 1 is 1.33 bits per heavy atom. The van der Waals surface area contributed by atoms with E-state index < -0.39 is 15.9 Å². The van der Waals surface area contributed by atoms with Gasteiger partial charge in [-0.05, 0) is 36.8 Å². The highest BCUT2D eigenvalue weighted by Crippen LogP contribution is 2.28. The van der Waals surface area contributed by atoms with Crippen molar-refractivity contribution in [1.29, 1.82) is 0 Å². The third-order valence-electron chi connectivity index (χ3n) is 4.09. The number of hydrogen-bond donors (Lipinski definition) is 1. The van der Waals surface area contributed by atoms with Crippen LogP contribution in [0.15, 0.2) is 40.6 Å². The summed E-state index contributed by atoms with van der Waals surface area (Å²) in [5.41, 5.74) is 1.21. The molecule has 1 aromatic carbocycles. The van der Waals surface area contributed by atoms with Crippen LogP contribution in [-0.2, 0) is 19.6 Å². The van der Waals surface area contributed by atoms with Gasteiger partial charge >= 0.3 is 0 Å². The number of likely N-dealkylation sites (N-methyl/N-ethyl adjacent to an activating group) is 1. The second-order valence-electron chi connectivity index (χ2n) is 6.07. The van der Waals surface area contributed by atoms with Gasteiger partial charge < -0.3 is 10.2 Å². The molecule has 1 aromatic heterocycles. The maximum atomic E-state index is 12.5. The first-order valence-corrected chi connectivity index (χ1v) is 10.8. The van der Waals surface area contributed by atoms with Crippen LogP contribution in [-0.4, -0.2) is 44.7 Å². The minimum atomic E-state index is -3.78. The van der Waals surface area contributed by atoms with Crippen molar-refractivity contribution in [2.24, 2.45) is 0 Å². The first-order chi connectivity index (χ1) is 12.8. The van der Waals surface area contributed by atoms with E-state index in [4.69, 9.17) is 11.6 Å². The van der Waals surface area contributed by atoms with Crippen LogP contribution in [0.3, 0.4) is 0 Å². The van der Waals surface area contributed by atoms with Crippen molar-refractivity contribution in [3.05, 3.63) is 40.7 Å². The summed E-state index contributed by atoms with van der Waals surface area (Å²) in [4.78, 5) is 25.8. The van der Waals surface area contributed by atoms with Gasteiger partial charge in [0.1, 0.15) is 4.21 Å². The average Bonchev–Trinajstić information content (AvgIpc) is 3.23. The van der Waals surface area contributed by atoms with Gasteiger partial charge in [0.15, 0.2) is 0 Å². The first kappa shape index (κ1) is 19.8. The number of thiophene rings is 1. The van der Waals surface area contributed by atoms with Crippen molar-refractivity contribution < 1.29 is 18.0 Å². The van der Waals surface area contributed by atoms with Gasteiger partial charge in [0.2, 0.25) is 11.8 Å². The number of sulfonamides is 1. The lowest BCUT2D eigenvalue weighted by Gasteiger charge is -2.18. The Kier molecular flexibility index (Phi) is 5.85. The van der Waals surface area contributed by atoms with Crippen LogP contribution in [0.2, 0.25) is 4.34 Å². The van der Waals surface area contributed by atoms with Gasteiger partial charge in [-0.1, -0.05) is 17.7 Å². The molecule has 144 valence electrons. The zero-order valence-corrected chi connectivity index (χ0v) is 16.9. The molecule has 2 heterocycles. The van der Waals surface area contributed by atoms with E-state index in [1.165, 1.54) is 19.2 Å². The highest BCUT2D eigenvalue weighted by atomic mass is 35.5. The zero-order chi connectivity index (χ0) is 19.6. The fourth-order valence-corrected chi connectivity index (χ4v) is 5.57. The molecule has 0 radical (unpaired) electrons. The smallest absolute Gasteiger partial charge is 0.252 e. The van der Waals surface area contributed by atoms with E-state index in [-0.39, 0.29) is 16.7 Å². The molecular weight excluding hydrogens is 410 g/mol. The summed E-state index contributed by atoms with van der Waals surface area (Å²) in [7, 11) is -2.45. The van der Waals surface area contributed by atoms with Gasteiger partial charge in [-0.2, -0.15) is 4.31 Å². The van der Waals surface area contributed by atoms with E-state index in [1.807, 2.05) is 0 Å². The normalized spacial score (nSPS) is 14.8. The van der Waals surface area contributed by atoms with E-state index in [1.54, 1.807) is 29.2 Å². The SMILES string of the molecule is CN(CC(=O)Nc1cccc(N2CCCC2=O)c1)S(=O)(=O)c1ccc(Cl)s1. The number of benzene rings is 1. The molecule has 0 aliphatic carbocycles. The summed E-state index contributed by atoms with van der Waals surface area (Å²) in [5, 5.41) is 2.67. The molecule has 0 atom stereocenters. The lowest BCUT2D eigenvalue weighted by molar-refractivity contribution is -0.117. The summed E-state index contributed by atoms with van der Waals surface area (Å²) >= 11 is 6.73. The van der Waals surface area contributed by atoms with E-state index in [9.17, 15) is 18.0 Å². The lowest BCUT2D eigenvalue weighted by atomic mass is 10.2. The molecule has 7 nitrogen and oxygen atoms in total. The molecule has 0 saturated carbocycles. The fourth-order valence-electron chi connectivity index (χ4n) is 2.75. The van der Waals surface area contributed by atoms with E-state index in [0.717, 1.165) is 22.1 Å². The van der Waals surface area contributed by atoms with Gasteiger partial charge in [-0.25, -0.2) is 8.42 Å². The predicted molar refractivity (Wildman–Crippen MR) is 106 cm³/mol. The third-order valence-corrected chi connectivity index (χ3v) is 7.60. The Bertz CT molecular complexity index is 974. The number of rotatable bonds is 6. The Morgan fingerprint density at radius 2 is 2.11 bits per heavy atom. The van der Waals surface area contributed by atoms with Crippen LogP contribution in [0.4, 0.5) is 11.4 Å². The topological polar surface area (TPSA) is 86.8 Å². The Labute approximate surface area is 166 Å². The van der Waals surface area contributed by atoms with Gasteiger partial charge in [0.05, 0.1) is 10.9 Å². The maximum Gasteiger partial charge on any atom is 0.252 e. The summed E-state index contributed by atoms with van der Waals surface area (Å²) in [6.07, 6.45) is 1.33. The minimum absolute atomic E-state index is 0.0545. The molecule has 1 fully saturated rings. The number of anilines is 2. The number of carbonyl (C=O) groups excluding carboxylic acids is 2. The van der Waals surface area contributed by atoms with Crippen molar-refractivity contribution in [2.45, 2.75) is 17.1 Å². The molecule has 0 bridgehead atoms. The van der Waals surface area contributed by atoms with Gasteiger partial charge in [-0.3, -0.25) is 9.59 Å². The summed E-state index contributed by atoms with van der Waals surface area (Å²) in [6.45, 7) is 0.311. The fraction of sp³-hybridized carbons (Fsp3) is 0.294. The van der Waals surface area contributed by atoms with Crippen molar-refractivity contribution in [2.75, 3.05) is 30.4 Å². The van der Waals surface area contributed by atoms with Gasteiger partial charge in [-0.15, -0.1) is 11.3 Å². The second-order valence-corrected chi connectivity index (χ2v) is 10.1. The van der Waals surface area contributed by atoms with E-state index >= 15 is 0 Å². The molecule has 1 N–H and O–H groups in total. The van der Waals surface area contributed by atoms with Gasteiger partial charge in [0.25, 0.3) is 10.0 Å². The second kappa shape index (κ2) is 7.97. The molecule has 3 rings (SSSR count). The zero-order valence-electron chi connectivity index (χ0n) is 14.5. The molecule has 0 unspecified atom stereocenters. The Morgan fingerprint density at radius 3 is 2.74 bits per heavy atom. The Hall–Kier alpha value is -1.94. The van der Waals surface area contributed by atoms with E-state index in [0.29, 0.717) is 28.7 Å². The summed E-state index contributed by atoms with van der Waals surface area (Å²) in [5.74, 6) is -0.424. The lowest BCUT2D eigenvalue weighted by Crippen LogP contribution is -2.34. The molecule has 2 aromatic rings. The number of nitrogens with zero attached hydrogens (tertiary/aromatic N) is 2. The largest absolute Gasteiger partial charge is 0.325 e. The van der Waals surface area contributed by atoms with Crippen molar-refractivity contribution in [3.63, 3.8) is 0 Å². The molecule has 0 spiro atoms. The maximum absolute atomic E-state index is 12.5. The van der Waals surface area contributed by atoms with Crippen LogP contribution in [0.1, 0.15) is 12.8 Å². The number of carbonyl (C=O) groups is 2. The summed E-state index contributed by atoms with van der Waals surface area (Å²) < 4.78 is 26.3. The number of amides is 2. The molecular formula is C17H18ClN3O4S2. The van der Waals surface area contributed by atoms with Crippen LogP contribution < -0.4 is 10.2 Å². The molecule has 27 heavy (non-hydrogen) atoms. The molecule has 2 amide bonds. The highest BCUT2D eigenvalue weighted by Gasteiger charge is 2.25. The van der Waals surface area contributed by atoms with Crippen LogP contribution in [0.5, 0.6) is 0 Å². The number of nitrogens with one attached hydrogen (secondary N) is 1. The van der Waals surface area contributed by atoms with Crippen molar-refractivity contribution in [1.82, 2.24) is 4.31 Å². The first-order valence-electron chi connectivity index (χ1n) is 8.19. The van der Waals surface area contributed by atoms with Crippen molar-refractivity contribution >= 4 is 56.2 Å². The minimum Gasteiger partial charge on any atom is -0.325 e. The van der Waals surface area contributed by atoms with Crippen LogP contribution >= 0.6 is 22.9 Å². The number of hydrogen-bond acceptors (Lipinski definition) is 5. The van der Waals surface area contributed by atoms with Crippen molar-refractivity contribution in [3.8, 4) is 0 Å². The predicted octanol–water partition coefficient (Wildman–Crippen LogP) is 2.79. The monoisotopic (exact) mass is 427 g/mol. The van der Waals surface area contributed by atoms with Crippen LogP contribution in [0, 0.1) is 0 Å².